The summed E-state index contributed by atoms with van der Waals surface area (Å²) in [6.07, 6.45) is 4.52. The van der Waals surface area contributed by atoms with Crippen molar-refractivity contribution in [3.8, 4) is 0 Å². The lowest BCUT2D eigenvalue weighted by Crippen LogP contribution is -2.59. The zero-order valence-electron chi connectivity index (χ0n) is 12.6. The van der Waals surface area contributed by atoms with Crippen LogP contribution in [0, 0.1) is 5.92 Å². The minimum Gasteiger partial charge on any atom is -0.385 e. The van der Waals surface area contributed by atoms with E-state index in [1.54, 1.807) is 7.11 Å². The molecule has 1 amide bonds. The van der Waals surface area contributed by atoms with Gasteiger partial charge in [-0.05, 0) is 33.1 Å². The smallest absolute Gasteiger partial charge is 0.225 e. The van der Waals surface area contributed by atoms with Crippen molar-refractivity contribution in [3.63, 3.8) is 0 Å². The third-order valence-corrected chi connectivity index (χ3v) is 4.63. The molecular formula is C15H28N2O2. The lowest BCUT2D eigenvalue weighted by atomic mass is 9.84. The van der Waals surface area contributed by atoms with Gasteiger partial charge < -0.3 is 9.64 Å². The summed E-state index contributed by atoms with van der Waals surface area (Å²) in [5, 5.41) is 0. The third-order valence-electron chi connectivity index (χ3n) is 4.63. The lowest BCUT2D eigenvalue weighted by Gasteiger charge is -2.46. The van der Waals surface area contributed by atoms with E-state index in [1.165, 1.54) is 6.42 Å². The molecule has 0 radical (unpaired) electrons. The summed E-state index contributed by atoms with van der Waals surface area (Å²) < 4.78 is 5.13. The summed E-state index contributed by atoms with van der Waals surface area (Å²) in [6, 6.07) is 0.925. The van der Waals surface area contributed by atoms with E-state index in [0.29, 0.717) is 23.9 Å². The Kier molecular flexibility index (Phi) is 5.22. The van der Waals surface area contributed by atoms with Gasteiger partial charge in [-0.15, -0.1) is 0 Å². The van der Waals surface area contributed by atoms with Gasteiger partial charge >= 0.3 is 0 Å². The molecule has 0 aromatic rings. The van der Waals surface area contributed by atoms with Crippen molar-refractivity contribution < 1.29 is 9.53 Å². The maximum absolute atomic E-state index is 12.3. The minimum atomic E-state index is 0.333. The van der Waals surface area contributed by atoms with Crippen LogP contribution in [0.1, 0.15) is 39.5 Å². The maximum atomic E-state index is 12.3. The van der Waals surface area contributed by atoms with Crippen LogP contribution in [0.25, 0.3) is 0 Å². The number of carbonyl (C=O) groups is 1. The highest BCUT2D eigenvalue weighted by molar-refractivity contribution is 5.79. The quantitative estimate of drug-likeness (QED) is 0.712. The summed E-state index contributed by atoms with van der Waals surface area (Å²) in [7, 11) is 1.75. The molecule has 1 aliphatic carbocycles. The molecule has 0 N–H and O–H groups in total. The van der Waals surface area contributed by atoms with E-state index in [0.717, 1.165) is 45.5 Å². The van der Waals surface area contributed by atoms with Crippen molar-refractivity contribution in [1.29, 1.82) is 0 Å². The zero-order chi connectivity index (χ0) is 13.8. The Balaban J connectivity index is 1.84. The molecule has 1 saturated carbocycles. The van der Waals surface area contributed by atoms with Crippen molar-refractivity contribution in [2.45, 2.75) is 51.6 Å². The Morgan fingerprint density at radius 2 is 1.84 bits per heavy atom. The molecule has 1 heterocycles. The Labute approximate surface area is 117 Å². The largest absolute Gasteiger partial charge is 0.385 e. The predicted molar refractivity (Wildman–Crippen MR) is 76.0 cm³/mol. The highest BCUT2D eigenvalue weighted by Gasteiger charge is 2.35. The standard InChI is InChI=1S/C15H28N2O2/c1-12-10-16(15(18)14-6-4-7-14)11-13(2)17(12)8-5-9-19-3/h12-14H,4-11H2,1-3H3. The average molecular weight is 268 g/mol. The van der Waals surface area contributed by atoms with Gasteiger partial charge in [0.15, 0.2) is 0 Å². The van der Waals surface area contributed by atoms with Gasteiger partial charge in [0.1, 0.15) is 0 Å². The van der Waals surface area contributed by atoms with Crippen molar-refractivity contribution in [3.05, 3.63) is 0 Å². The number of nitrogens with zero attached hydrogens (tertiary/aromatic N) is 2. The molecule has 0 aromatic carbocycles. The normalized spacial score (nSPS) is 29.3. The maximum Gasteiger partial charge on any atom is 0.225 e. The molecule has 0 bridgehead atoms. The predicted octanol–water partition coefficient (Wildman–Crippen LogP) is 1.74. The van der Waals surface area contributed by atoms with Crippen LogP contribution in [0.5, 0.6) is 0 Å². The molecule has 110 valence electrons. The van der Waals surface area contributed by atoms with Crippen LogP contribution in [0.15, 0.2) is 0 Å². The van der Waals surface area contributed by atoms with E-state index < -0.39 is 0 Å². The number of methoxy groups -OCH3 is 1. The number of amides is 1. The zero-order valence-corrected chi connectivity index (χ0v) is 12.6. The number of hydrogen-bond donors (Lipinski definition) is 0. The molecule has 2 atom stereocenters. The van der Waals surface area contributed by atoms with Gasteiger partial charge in [-0.1, -0.05) is 6.42 Å². The fraction of sp³-hybridized carbons (Fsp3) is 0.933. The Hall–Kier alpha value is -0.610. The van der Waals surface area contributed by atoms with E-state index in [9.17, 15) is 4.79 Å². The highest BCUT2D eigenvalue weighted by Crippen LogP contribution is 2.29. The Morgan fingerprint density at radius 1 is 1.21 bits per heavy atom. The van der Waals surface area contributed by atoms with Crippen molar-refractivity contribution in [1.82, 2.24) is 9.80 Å². The van der Waals surface area contributed by atoms with Crippen LogP contribution in [0.3, 0.4) is 0 Å². The van der Waals surface area contributed by atoms with Crippen molar-refractivity contribution >= 4 is 5.91 Å². The van der Waals surface area contributed by atoms with Gasteiger partial charge in [0.25, 0.3) is 0 Å². The molecule has 0 spiro atoms. The van der Waals surface area contributed by atoms with Crippen LogP contribution in [-0.4, -0.2) is 61.1 Å². The Bertz CT molecular complexity index is 293. The van der Waals surface area contributed by atoms with Crippen LogP contribution < -0.4 is 0 Å². The van der Waals surface area contributed by atoms with Gasteiger partial charge in [0.05, 0.1) is 0 Å². The topological polar surface area (TPSA) is 32.8 Å². The molecule has 2 fully saturated rings. The first-order valence-electron chi connectivity index (χ1n) is 7.67. The molecule has 2 unspecified atom stereocenters. The summed E-state index contributed by atoms with van der Waals surface area (Å²) in [5.74, 6) is 0.737. The fourth-order valence-electron chi connectivity index (χ4n) is 3.28. The van der Waals surface area contributed by atoms with Gasteiger partial charge in [-0.3, -0.25) is 9.69 Å². The molecule has 4 nitrogen and oxygen atoms in total. The summed E-state index contributed by atoms with van der Waals surface area (Å²) >= 11 is 0. The van der Waals surface area contributed by atoms with Crippen LogP contribution in [0.2, 0.25) is 0 Å². The molecule has 2 rings (SSSR count). The second-order valence-electron chi connectivity index (χ2n) is 6.15. The lowest BCUT2D eigenvalue weighted by molar-refractivity contribution is -0.142. The molecule has 19 heavy (non-hydrogen) atoms. The van der Waals surface area contributed by atoms with Crippen LogP contribution in [-0.2, 0) is 9.53 Å². The van der Waals surface area contributed by atoms with E-state index in [2.05, 4.69) is 23.6 Å². The highest BCUT2D eigenvalue weighted by atomic mass is 16.5. The second-order valence-corrected chi connectivity index (χ2v) is 6.15. The molecule has 4 heteroatoms. The van der Waals surface area contributed by atoms with E-state index in [-0.39, 0.29) is 0 Å². The first-order chi connectivity index (χ1) is 9.13. The van der Waals surface area contributed by atoms with E-state index >= 15 is 0 Å². The van der Waals surface area contributed by atoms with E-state index in [1.807, 2.05) is 0 Å². The van der Waals surface area contributed by atoms with Gasteiger partial charge in [0.2, 0.25) is 5.91 Å². The van der Waals surface area contributed by atoms with Crippen molar-refractivity contribution in [2.24, 2.45) is 5.92 Å². The monoisotopic (exact) mass is 268 g/mol. The van der Waals surface area contributed by atoms with Gasteiger partial charge in [0, 0.05) is 51.4 Å². The third kappa shape index (κ3) is 3.48. The molecule has 1 saturated heterocycles. The SMILES string of the molecule is COCCCN1C(C)CN(C(=O)C2CCC2)CC1C. The first kappa shape index (κ1) is 14.8. The summed E-state index contributed by atoms with van der Waals surface area (Å²) in [6.45, 7) is 8.16. The number of piperazine rings is 1. The molecule has 1 aliphatic heterocycles. The van der Waals surface area contributed by atoms with Crippen LogP contribution in [0.4, 0.5) is 0 Å². The minimum absolute atomic E-state index is 0.333. The van der Waals surface area contributed by atoms with Gasteiger partial charge in [-0.25, -0.2) is 0 Å². The summed E-state index contributed by atoms with van der Waals surface area (Å²) in [5.41, 5.74) is 0. The number of hydrogen-bond acceptors (Lipinski definition) is 3. The summed E-state index contributed by atoms with van der Waals surface area (Å²) in [4.78, 5) is 16.9. The second kappa shape index (κ2) is 6.71. The fourth-order valence-corrected chi connectivity index (χ4v) is 3.28. The molecular weight excluding hydrogens is 240 g/mol. The number of carbonyl (C=O) groups excluding carboxylic acids is 1. The van der Waals surface area contributed by atoms with Crippen LogP contribution >= 0.6 is 0 Å². The number of rotatable bonds is 5. The number of ether oxygens (including phenoxy) is 1. The van der Waals surface area contributed by atoms with Gasteiger partial charge in [-0.2, -0.15) is 0 Å². The van der Waals surface area contributed by atoms with Crippen molar-refractivity contribution in [2.75, 3.05) is 33.4 Å². The first-order valence-corrected chi connectivity index (χ1v) is 7.67. The molecule has 2 aliphatic rings. The molecule has 0 aromatic heterocycles. The Morgan fingerprint density at radius 3 is 2.32 bits per heavy atom. The van der Waals surface area contributed by atoms with E-state index in [4.69, 9.17) is 4.74 Å². The average Bonchev–Trinajstić information content (AvgIpc) is 2.30.